The molecule has 4 aromatic heterocycles. The van der Waals surface area contributed by atoms with E-state index < -0.39 is 31.6 Å². The molecule has 0 aliphatic rings. The number of rotatable bonds is 10. The van der Waals surface area contributed by atoms with Gasteiger partial charge in [-0.3, -0.25) is 4.68 Å². The van der Waals surface area contributed by atoms with Crippen LogP contribution in [0.15, 0.2) is 61.4 Å². The predicted molar refractivity (Wildman–Crippen MR) is 128 cm³/mol. The highest BCUT2D eigenvalue weighted by atomic mass is 35.5. The SMILES string of the molecule is [O-][n+]1cc(-c2c(-n3cnnn3)ccc(Cl)c2F)ccc1C(CCOC(F)F)n1cc(-c2ccnn2C(F)F)cn1. The van der Waals surface area contributed by atoms with Crippen LogP contribution in [0.25, 0.3) is 28.1 Å². The molecule has 0 N–H and O–H groups in total. The molecule has 17 heteroatoms. The van der Waals surface area contributed by atoms with Crippen LogP contribution in [0.1, 0.15) is 24.7 Å². The van der Waals surface area contributed by atoms with E-state index in [1.165, 1.54) is 64.6 Å². The molecule has 5 rings (SSSR count). The third kappa shape index (κ3) is 5.35. The topological polar surface area (TPSA) is 115 Å². The van der Waals surface area contributed by atoms with Gasteiger partial charge in [0, 0.05) is 30.4 Å². The van der Waals surface area contributed by atoms with E-state index in [4.69, 9.17) is 11.6 Å². The molecule has 0 aliphatic heterocycles. The maximum Gasteiger partial charge on any atom is 0.345 e. The second kappa shape index (κ2) is 11.4. The summed E-state index contributed by atoms with van der Waals surface area (Å²) >= 11 is 6.00. The van der Waals surface area contributed by atoms with Gasteiger partial charge in [0.1, 0.15) is 12.4 Å². The van der Waals surface area contributed by atoms with E-state index >= 15 is 4.39 Å². The number of hydrogen-bond acceptors (Lipinski definition) is 7. The lowest BCUT2D eigenvalue weighted by Gasteiger charge is -2.18. The highest BCUT2D eigenvalue weighted by Gasteiger charge is 2.27. The molecule has 0 radical (unpaired) electrons. The molecule has 4 heterocycles. The van der Waals surface area contributed by atoms with Crippen LogP contribution in [0, 0.1) is 11.0 Å². The van der Waals surface area contributed by atoms with Crippen LogP contribution in [0.5, 0.6) is 0 Å². The fraction of sp³-hybridized carbons (Fsp3) is 0.217. The fourth-order valence-electron chi connectivity index (χ4n) is 4.20. The van der Waals surface area contributed by atoms with Gasteiger partial charge < -0.3 is 9.94 Å². The van der Waals surface area contributed by atoms with Gasteiger partial charge in [0.25, 0.3) is 0 Å². The smallest absolute Gasteiger partial charge is 0.345 e. The van der Waals surface area contributed by atoms with Gasteiger partial charge in [0.15, 0.2) is 12.0 Å². The predicted octanol–water partition coefficient (Wildman–Crippen LogP) is 4.43. The van der Waals surface area contributed by atoms with Crippen LogP contribution in [-0.4, -0.2) is 53.0 Å². The van der Waals surface area contributed by atoms with E-state index in [-0.39, 0.29) is 45.2 Å². The summed E-state index contributed by atoms with van der Waals surface area (Å²) in [5.41, 5.74) is 0.599. The summed E-state index contributed by atoms with van der Waals surface area (Å²) in [6, 6.07) is 5.97. The minimum absolute atomic E-state index is 0.0324. The van der Waals surface area contributed by atoms with Gasteiger partial charge in [0.05, 0.1) is 40.3 Å². The minimum atomic E-state index is -3.05. The maximum absolute atomic E-state index is 15.2. The fourth-order valence-corrected chi connectivity index (χ4v) is 4.36. The Bertz CT molecular complexity index is 1610. The van der Waals surface area contributed by atoms with E-state index in [0.29, 0.717) is 9.41 Å². The zero-order chi connectivity index (χ0) is 28.4. The van der Waals surface area contributed by atoms with Crippen LogP contribution in [0.3, 0.4) is 0 Å². The average Bonchev–Trinajstić information content (AvgIpc) is 3.70. The highest BCUT2D eigenvalue weighted by molar-refractivity contribution is 6.31. The summed E-state index contributed by atoms with van der Waals surface area (Å²) in [4.78, 5) is 0. The normalized spacial score (nSPS) is 12.5. The standard InChI is InChI=1S/C23H17ClF5N9O2/c24-15-2-4-19(36-12-30-33-34-36)20(21(15)25)13-1-3-18(37(39)11-13)17(6-8-40-23(28)29)35-10-14(9-32-35)16-5-7-31-38(16)22(26)27/h1-5,7,9-12,17,22-23H,6,8H2. The number of hydrogen-bond donors (Lipinski definition) is 0. The van der Waals surface area contributed by atoms with Gasteiger partial charge in [-0.25, -0.2) is 9.07 Å². The molecule has 0 bridgehead atoms. The third-order valence-electron chi connectivity index (χ3n) is 5.95. The Kier molecular flexibility index (Phi) is 7.70. The third-order valence-corrected chi connectivity index (χ3v) is 6.24. The van der Waals surface area contributed by atoms with E-state index in [0.717, 1.165) is 6.20 Å². The van der Waals surface area contributed by atoms with Crippen molar-refractivity contribution in [3.8, 4) is 28.1 Å². The van der Waals surface area contributed by atoms with E-state index in [9.17, 15) is 22.8 Å². The summed E-state index contributed by atoms with van der Waals surface area (Å²) in [6.45, 7) is -6.42. The lowest BCUT2D eigenvalue weighted by Crippen LogP contribution is -2.36. The van der Waals surface area contributed by atoms with Gasteiger partial charge >= 0.3 is 13.2 Å². The Morgan fingerprint density at radius 3 is 2.58 bits per heavy atom. The summed E-state index contributed by atoms with van der Waals surface area (Å²) in [5.74, 6) is -0.823. The van der Waals surface area contributed by atoms with Crippen molar-refractivity contribution >= 4 is 11.6 Å². The van der Waals surface area contributed by atoms with Crippen molar-refractivity contribution in [3.05, 3.63) is 83.2 Å². The Hall–Kier alpha value is -4.44. The van der Waals surface area contributed by atoms with E-state index in [1.807, 2.05) is 0 Å². The molecule has 0 spiro atoms. The van der Waals surface area contributed by atoms with Gasteiger partial charge in [-0.15, -0.1) is 5.10 Å². The Morgan fingerprint density at radius 1 is 1.05 bits per heavy atom. The second-order valence-corrected chi connectivity index (χ2v) is 8.67. The van der Waals surface area contributed by atoms with Crippen LogP contribution in [0.2, 0.25) is 5.02 Å². The number of aromatic nitrogens is 9. The van der Waals surface area contributed by atoms with Crippen molar-refractivity contribution in [2.75, 3.05) is 6.61 Å². The molecule has 40 heavy (non-hydrogen) atoms. The first kappa shape index (κ1) is 27.1. The molecule has 0 aliphatic carbocycles. The number of pyridine rings is 1. The van der Waals surface area contributed by atoms with Gasteiger partial charge in [-0.2, -0.15) is 37.2 Å². The minimum Gasteiger partial charge on any atom is -0.618 e. The van der Waals surface area contributed by atoms with E-state index in [1.54, 1.807) is 0 Å². The van der Waals surface area contributed by atoms with Crippen molar-refractivity contribution < 1.29 is 31.4 Å². The Balaban J connectivity index is 1.54. The first-order chi connectivity index (χ1) is 19.2. The van der Waals surface area contributed by atoms with Gasteiger partial charge in [0.2, 0.25) is 5.69 Å². The molecule has 1 unspecified atom stereocenters. The average molecular weight is 582 g/mol. The molecule has 0 saturated heterocycles. The number of alkyl halides is 4. The first-order valence-corrected chi connectivity index (χ1v) is 11.8. The molecule has 0 fully saturated rings. The largest absolute Gasteiger partial charge is 0.618 e. The zero-order valence-corrected chi connectivity index (χ0v) is 20.8. The maximum atomic E-state index is 15.2. The molecule has 11 nitrogen and oxygen atoms in total. The first-order valence-electron chi connectivity index (χ1n) is 11.5. The molecule has 0 saturated carbocycles. The number of halogens is 6. The van der Waals surface area contributed by atoms with Crippen LogP contribution in [-0.2, 0) is 4.74 Å². The summed E-state index contributed by atoms with van der Waals surface area (Å²) in [5, 5.41) is 31.7. The lowest BCUT2D eigenvalue weighted by atomic mass is 10.0. The van der Waals surface area contributed by atoms with Crippen molar-refractivity contribution in [2.24, 2.45) is 0 Å². The van der Waals surface area contributed by atoms with Crippen molar-refractivity contribution in [1.29, 1.82) is 0 Å². The monoisotopic (exact) mass is 581 g/mol. The van der Waals surface area contributed by atoms with Gasteiger partial charge in [-0.05, 0) is 34.7 Å². The van der Waals surface area contributed by atoms with Crippen LogP contribution < -0.4 is 4.73 Å². The number of benzene rings is 1. The molecule has 1 aromatic carbocycles. The molecular formula is C23H17ClF5N9O2. The lowest BCUT2D eigenvalue weighted by molar-refractivity contribution is -0.615. The van der Waals surface area contributed by atoms with Crippen molar-refractivity contribution in [2.45, 2.75) is 25.6 Å². The van der Waals surface area contributed by atoms with Crippen LogP contribution in [0.4, 0.5) is 22.0 Å². The molecule has 0 amide bonds. The van der Waals surface area contributed by atoms with Gasteiger partial charge in [-0.1, -0.05) is 11.6 Å². The molecule has 208 valence electrons. The van der Waals surface area contributed by atoms with E-state index in [2.05, 4.69) is 30.5 Å². The quantitative estimate of drug-likeness (QED) is 0.136. The van der Waals surface area contributed by atoms with Crippen LogP contribution >= 0.6 is 11.6 Å². The Morgan fingerprint density at radius 2 is 1.88 bits per heavy atom. The Labute approximate surface area is 226 Å². The second-order valence-electron chi connectivity index (χ2n) is 8.26. The molecule has 1 atom stereocenters. The van der Waals surface area contributed by atoms with Crippen molar-refractivity contribution in [3.63, 3.8) is 0 Å². The highest BCUT2D eigenvalue weighted by Crippen LogP contribution is 2.34. The molecule has 5 aromatic rings. The number of nitrogens with zero attached hydrogens (tertiary/aromatic N) is 9. The van der Waals surface area contributed by atoms with Crippen molar-refractivity contribution in [1.82, 2.24) is 39.8 Å². The summed E-state index contributed by atoms with van der Waals surface area (Å²) in [7, 11) is 0. The zero-order valence-electron chi connectivity index (χ0n) is 20.0. The number of tetrazole rings is 1. The number of ether oxygens (including phenoxy) is 1. The summed E-state index contributed by atoms with van der Waals surface area (Å²) < 4.78 is 74.9. The molecular weight excluding hydrogens is 565 g/mol. The summed E-state index contributed by atoms with van der Waals surface area (Å²) in [6.07, 6.45) is 6.02.